The van der Waals surface area contributed by atoms with Gasteiger partial charge in [-0.1, -0.05) is 30.3 Å². The number of carbonyl (C=O) groups excluding carboxylic acids is 2. The van der Waals surface area contributed by atoms with E-state index in [-0.39, 0.29) is 5.91 Å². The standard InChI is InChI=1S/C22H21N3O2/c1-15(27)25-12-19-11-18(22-21(13-26)24(2)14-23-22)10-8-16(19)7-9-17-5-3-4-6-20(17)25/h3-6,8,10-11,13-14H,7,9,12H2,1-2H3. The predicted molar refractivity (Wildman–Crippen MR) is 105 cm³/mol. The van der Waals surface area contributed by atoms with Crippen LogP contribution in [-0.4, -0.2) is 21.7 Å². The topological polar surface area (TPSA) is 55.2 Å². The van der Waals surface area contributed by atoms with Crippen LogP contribution in [-0.2, 0) is 31.2 Å². The molecule has 27 heavy (non-hydrogen) atoms. The molecule has 1 amide bonds. The lowest BCUT2D eigenvalue weighted by Crippen LogP contribution is -2.30. The van der Waals surface area contributed by atoms with E-state index in [9.17, 15) is 9.59 Å². The molecule has 5 nitrogen and oxygen atoms in total. The number of para-hydroxylation sites is 1. The van der Waals surface area contributed by atoms with Crippen molar-refractivity contribution in [3.63, 3.8) is 0 Å². The average molecular weight is 359 g/mol. The molecule has 0 bridgehead atoms. The van der Waals surface area contributed by atoms with Crippen LogP contribution in [0.5, 0.6) is 0 Å². The Morgan fingerprint density at radius 1 is 1.07 bits per heavy atom. The number of imidazole rings is 1. The first kappa shape index (κ1) is 17.2. The Morgan fingerprint density at radius 3 is 2.63 bits per heavy atom. The molecule has 0 spiro atoms. The molecule has 4 rings (SSSR count). The Bertz CT molecular complexity index is 1040. The summed E-state index contributed by atoms with van der Waals surface area (Å²) < 4.78 is 1.72. The van der Waals surface area contributed by atoms with Gasteiger partial charge in [-0.25, -0.2) is 4.98 Å². The molecule has 5 heteroatoms. The summed E-state index contributed by atoms with van der Waals surface area (Å²) in [4.78, 5) is 30.0. The molecule has 0 aliphatic carbocycles. The maximum atomic E-state index is 12.4. The Labute approximate surface area is 158 Å². The van der Waals surface area contributed by atoms with Gasteiger partial charge in [0, 0.05) is 25.2 Å². The summed E-state index contributed by atoms with van der Waals surface area (Å²) in [5.74, 6) is 0.0205. The number of amides is 1. The molecule has 0 saturated heterocycles. The van der Waals surface area contributed by atoms with E-state index in [4.69, 9.17) is 0 Å². The summed E-state index contributed by atoms with van der Waals surface area (Å²) >= 11 is 0. The molecule has 0 N–H and O–H groups in total. The van der Waals surface area contributed by atoms with Crippen molar-refractivity contribution in [3.05, 3.63) is 71.2 Å². The highest BCUT2D eigenvalue weighted by atomic mass is 16.2. The molecule has 0 atom stereocenters. The second-order valence-electron chi connectivity index (χ2n) is 6.92. The van der Waals surface area contributed by atoms with Gasteiger partial charge >= 0.3 is 0 Å². The number of aryl methyl sites for hydroxylation is 3. The molecular weight excluding hydrogens is 338 g/mol. The first-order valence-corrected chi connectivity index (χ1v) is 9.03. The van der Waals surface area contributed by atoms with Crippen LogP contribution in [0.3, 0.4) is 0 Å². The summed E-state index contributed by atoms with van der Waals surface area (Å²) in [6.45, 7) is 2.12. The third-order valence-electron chi connectivity index (χ3n) is 5.23. The second kappa shape index (κ2) is 6.83. The maximum Gasteiger partial charge on any atom is 0.224 e. The van der Waals surface area contributed by atoms with E-state index in [1.165, 1.54) is 11.1 Å². The summed E-state index contributed by atoms with van der Waals surface area (Å²) in [6, 6.07) is 14.3. The van der Waals surface area contributed by atoms with Gasteiger partial charge in [0.2, 0.25) is 5.91 Å². The van der Waals surface area contributed by atoms with Crippen molar-refractivity contribution in [3.8, 4) is 11.3 Å². The quantitative estimate of drug-likeness (QED) is 0.658. The van der Waals surface area contributed by atoms with Gasteiger partial charge in [0.25, 0.3) is 0 Å². The number of nitrogens with zero attached hydrogens (tertiary/aromatic N) is 3. The third-order valence-corrected chi connectivity index (χ3v) is 5.23. The molecule has 1 aromatic heterocycles. The number of rotatable bonds is 2. The first-order chi connectivity index (χ1) is 13.1. The zero-order chi connectivity index (χ0) is 19.0. The average Bonchev–Trinajstić information content (AvgIpc) is 3.03. The van der Waals surface area contributed by atoms with Gasteiger partial charge in [-0.05, 0) is 41.7 Å². The monoisotopic (exact) mass is 359 g/mol. The highest BCUT2D eigenvalue weighted by Gasteiger charge is 2.21. The highest BCUT2D eigenvalue weighted by Crippen LogP contribution is 2.31. The fourth-order valence-corrected chi connectivity index (χ4v) is 3.76. The van der Waals surface area contributed by atoms with E-state index in [0.29, 0.717) is 17.9 Å². The molecule has 2 heterocycles. The SMILES string of the molecule is CC(=O)N1Cc2cc(-c3ncn(C)c3C=O)ccc2CCc2ccccc21. The third kappa shape index (κ3) is 3.05. The van der Waals surface area contributed by atoms with Gasteiger partial charge in [-0.15, -0.1) is 0 Å². The van der Waals surface area contributed by atoms with Crippen molar-refractivity contribution in [2.45, 2.75) is 26.3 Å². The lowest BCUT2D eigenvalue weighted by atomic mass is 9.93. The minimum Gasteiger partial charge on any atom is -0.331 e. The fourth-order valence-electron chi connectivity index (χ4n) is 3.76. The molecule has 2 aromatic carbocycles. The van der Waals surface area contributed by atoms with E-state index < -0.39 is 0 Å². The van der Waals surface area contributed by atoms with E-state index in [1.807, 2.05) is 36.2 Å². The van der Waals surface area contributed by atoms with Crippen molar-refractivity contribution in [2.75, 3.05) is 4.90 Å². The fraction of sp³-hybridized carbons (Fsp3) is 0.227. The van der Waals surface area contributed by atoms with Gasteiger partial charge < -0.3 is 9.47 Å². The number of hydrogen-bond acceptors (Lipinski definition) is 3. The highest BCUT2D eigenvalue weighted by molar-refractivity contribution is 5.92. The Hall–Kier alpha value is -3.21. The number of anilines is 1. The largest absolute Gasteiger partial charge is 0.331 e. The van der Waals surface area contributed by atoms with Crippen molar-refractivity contribution in [1.29, 1.82) is 0 Å². The molecule has 0 unspecified atom stereocenters. The molecular formula is C22H21N3O2. The van der Waals surface area contributed by atoms with E-state index >= 15 is 0 Å². The molecule has 1 aliphatic heterocycles. The van der Waals surface area contributed by atoms with Crippen LogP contribution in [0.15, 0.2) is 48.8 Å². The molecule has 0 radical (unpaired) electrons. The van der Waals surface area contributed by atoms with E-state index in [1.54, 1.807) is 17.8 Å². The summed E-state index contributed by atoms with van der Waals surface area (Å²) in [6.07, 6.45) is 4.28. The smallest absolute Gasteiger partial charge is 0.224 e. The Morgan fingerprint density at radius 2 is 1.85 bits per heavy atom. The molecule has 3 aromatic rings. The molecule has 1 aliphatic rings. The normalized spacial score (nSPS) is 13.3. The van der Waals surface area contributed by atoms with Crippen molar-refractivity contribution in [1.82, 2.24) is 9.55 Å². The maximum absolute atomic E-state index is 12.4. The molecule has 0 fully saturated rings. The van der Waals surface area contributed by atoms with Crippen molar-refractivity contribution >= 4 is 17.9 Å². The van der Waals surface area contributed by atoms with Crippen molar-refractivity contribution < 1.29 is 9.59 Å². The van der Waals surface area contributed by atoms with Crippen LogP contribution in [0.1, 0.15) is 34.1 Å². The first-order valence-electron chi connectivity index (χ1n) is 9.03. The van der Waals surface area contributed by atoms with Gasteiger partial charge in [-0.2, -0.15) is 0 Å². The molecule has 136 valence electrons. The van der Waals surface area contributed by atoms with Crippen LogP contribution in [0.2, 0.25) is 0 Å². The van der Waals surface area contributed by atoms with Gasteiger partial charge in [0.1, 0.15) is 5.69 Å². The number of aromatic nitrogens is 2. The Balaban J connectivity index is 1.80. The van der Waals surface area contributed by atoms with E-state index in [0.717, 1.165) is 35.9 Å². The lowest BCUT2D eigenvalue weighted by molar-refractivity contribution is -0.116. The second-order valence-corrected chi connectivity index (χ2v) is 6.92. The van der Waals surface area contributed by atoms with Gasteiger partial charge in [-0.3, -0.25) is 9.59 Å². The van der Waals surface area contributed by atoms with Crippen LogP contribution < -0.4 is 4.90 Å². The number of carbonyl (C=O) groups is 2. The molecule has 0 saturated carbocycles. The van der Waals surface area contributed by atoms with Crippen LogP contribution >= 0.6 is 0 Å². The van der Waals surface area contributed by atoms with E-state index in [2.05, 4.69) is 23.2 Å². The predicted octanol–water partition coefficient (Wildman–Crippen LogP) is 3.55. The number of fused-ring (bicyclic) bond motifs is 2. The lowest BCUT2D eigenvalue weighted by Gasteiger charge is -2.28. The van der Waals surface area contributed by atoms with Crippen LogP contribution in [0, 0.1) is 0 Å². The van der Waals surface area contributed by atoms with Crippen molar-refractivity contribution in [2.24, 2.45) is 7.05 Å². The zero-order valence-corrected chi connectivity index (χ0v) is 15.5. The van der Waals surface area contributed by atoms with Crippen LogP contribution in [0.4, 0.5) is 5.69 Å². The number of benzene rings is 2. The minimum absolute atomic E-state index is 0.0205. The van der Waals surface area contributed by atoms with Crippen LogP contribution in [0.25, 0.3) is 11.3 Å². The zero-order valence-electron chi connectivity index (χ0n) is 15.5. The summed E-state index contributed by atoms with van der Waals surface area (Å²) in [5.41, 5.74) is 6.61. The minimum atomic E-state index is 0.0205. The number of aldehydes is 1. The number of hydrogen-bond donors (Lipinski definition) is 0. The summed E-state index contributed by atoms with van der Waals surface area (Å²) in [5, 5.41) is 0. The summed E-state index contributed by atoms with van der Waals surface area (Å²) in [7, 11) is 1.81. The van der Waals surface area contributed by atoms with Gasteiger partial charge in [0.15, 0.2) is 6.29 Å². The van der Waals surface area contributed by atoms with Gasteiger partial charge in [0.05, 0.1) is 18.6 Å². The Kier molecular flexibility index (Phi) is 4.36.